The van der Waals surface area contributed by atoms with Gasteiger partial charge in [-0.05, 0) is 42.0 Å². The molecule has 0 unspecified atom stereocenters. The highest BCUT2D eigenvalue weighted by molar-refractivity contribution is 7.71. The van der Waals surface area contributed by atoms with E-state index in [1.54, 1.807) is 23.0 Å². The Morgan fingerprint density at radius 3 is 2.88 bits per heavy atom. The predicted octanol–water partition coefficient (Wildman–Crippen LogP) is 5.27. The largest absolute Gasteiger partial charge is 0.489 e. The van der Waals surface area contributed by atoms with Gasteiger partial charge in [-0.15, -0.1) is 0 Å². The highest BCUT2D eigenvalue weighted by Gasteiger charge is 2.04. The standard InChI is InChI=1S/C18H16Cl2N4OS/c1-2-17-22-23-18(26)24(17)21-10-12-4-3-5-15(8-12)25-11-13-6-7-14(19)9-16(13)20/h3-10H,2,11H2,1H3,(H,23,26)/b21-10+. The number of aromatic nitrogens is 3. The monoisotopic (exact) mass is 406 g/mol. The van der Waals surface area contributed by atoms with Crippen LogP contribution in [-0.2, 0) is 13.0 Å². The lowest BCUT2D eigenvalue weighted by atomic mass is 10.2. The Balaban J connectivity index is 1.73. The minimum Gasteiger partial charge on any atom is -0.489 e. The van der Waals surface area contributed by atoms with Gasteiger partial charge in [-0.3, -0.25) is 5.10 Å². The van der Waals surface area contributed by atoms with Gasteiger partial charge in [-0.1, -0.05) is 48.3 Å². The van der Waals surface area contributed by atoms with E-state index in [-0.39, 0.29) is 0 Å². The first-order valence-electron chi connectivity index (χ1n) is 7.94. The number of ether oxygens (including phenoxy) is 1. The van der Waals surface area contributed by atoms with E-state index in [0.717, 1.165) is 23.4 Å². The van der Waals surface area contributed by atoms with E-state index < -0.39 is 0 Å². The normalized spacial score (nSPS) is 11.2. The molecule has 0 radical (unpaired) electrons. The van der Waals surface area contributed by atoms with Crippen LogP contribution in [0.15, 0.2) is 47.6 Å². The van der Waals surface area contributed by atoms with Crippen LogP contribution in [0.1, 0.15) is 23.9 Å². The zero-order valence-electron chi connectivity index (χ0n) is 13.9. The maximum absolute atomic E-state index is 6.17. The van der Waals surface area contributed by atoms with Gasteiger partial charge < -0.3 is 4.74 Å². The topological polar surface area (TPSA) is 55.2 Å². The quantitative estimate of drug-likeness (QED) is 0.447. The SMILES string of the molecule is CCc1n[nH]c(=S)n1/N=C/c1cccc(OCc2ccc(Cl)cc2Cl)c1. The molecular formula is C18H16Cl2N4OS. The van der Waals surface area contributed by atoms with Gasteiger partial charge in [-0.2, -0.15) is 14.9 Å². The smallest absolute Gasteiger partial charge is 0.216 e. The number of nitrogens with one attached hydrogen (secondary N) is 1. The first kappa shape index (κ1) is 18.6. The summed E-state index contributed by atoms with van der Waals surface area (Å²) in [4.78, 5) is 0. The van der Waals surface area contributed by atoms with Crippen molar-refractivity contribution in [2.24, 2.45) is 5.10 Å². The first-order valence-corrected chi connectivity index (χ1v) is 9.10. The van der Waals surface area contributed by atoms with Crippen LogP contribution >= 0.6 is 35.4 Å². The fourth-order valence-corrected chi connectivity index (χ4v) is 2.94. The fraction of sp³-hybridized carbons (Fsp3) is 0.167. The Hall–Kier alpha value is -2.15. The van der Waals surface area contributed by atoms with Crippen molar-refractivity contribution in [1.29, 1.82) is 0 Å². The van der Waals surface area contributed by atoms with Crippen LogP contribution in [0.5, 0.6) is 5.75 Å². The lowest BCUT2D eigenvalue weighted by molar-refractivity contribution is 0.306. The summed E-state index contributed by atoms with van der Waals surface area (Å²) >= 11 is 17.3. The second-order valence-corrected chi connectivity index (χ2v) is 6.68. The third-order valence-electron chi connectivity index (χ3n) is 3.62. The molecule has 0 bridgehead atoms. The van der Waals surface area contributed by atoms with Crippen molar-refractivity contribution in [3.63, 3.8) is 0 Å². The van der Waals surface area contributed by atoms with Crippen LogP contribution in [0.4, 0.5) is 0 Å². The molecule has 3 rings (SSSR count). The number of benzene rings is 2. The van der Waals surface area contributed by atoms with Gasteiger partial charge in [0.05, 0.1) is 6.21 Å². The molecule has 8 heteroatoms. The van der Waals surface area contributed by atoms with Crippen LogP contribution < -0.4 is 4.74 Å². The Labute approximate surface area is 166 Å². The zero-order chi connectivity index (χ0) is 18.5. The maximum atomic E-state index is 6.17. The molecule has 0 aliphatic heterocycles. The average Bonchev–Trinajstić information content (AvgIpc) is 2.99. The van der Waals surface area contributed by atoms with E-state index >= 15 is 0 Å². The maximum Gasteiger partial charge on any atom is 0.216 e. The van der Waals surface area contributed by atoms with Crippen molar-refractivity contribution in [3.05, 3.63) is 74.2 Å². The van der Waals surface area contributed by atoms with Crippen LogP contribution in [-0.4, -0.2) is 21.1 Å². The second kappa shape index (κ2) is 8.49. The molecule has 1 N–H and O–H groups in total. The lowest BCUT2D eigenvalue weighted by Gasteiger charge is -2.08. The Bertz CT molecular complexity index is 997. The van der Waals surface area contributed by atoms with Crippen molar-refractivity contribution in [3.8, 4) is 5.75 Å². The van der Waals surface area contributed by atoms with Gasteiger partial charge in [0.2, 0.25) is 4.77 Å². The molecule has 0 aliphatic carbocycles. The van der Waals surface area contributed by atoms with Gasteiger partial charge in [0.1, 0.15) is 12.4 Å². The van der Waals surface area contributed by atoms with E-state index in [4.69, 9.17) is 40.2 Å². The third kappa shape index (κ3) is 4.52. The van der Waals surface area contributed by atoms with Crippen LogP contribution in [0.3, 0.4) is 0 Å². The summed E-state index contributed by atoms with van der Waals surface area (Å²) in [7, 11) is 0. The summed E-state index contributed by atoms with van der Waals surface area (Å²) in [5.41, 5.74) is 1.75. The first-order chi connectivity index (χ1) is 12.6. The molecule has 3 aromatic rings. The summed E-state index contributed by atoms with van der Waals surface area (Å²) in [6, 6.07) is 12.9. The summed E-state index contributed by atoms with van der Waals surface area (Å²) < 4.78 is 7.89. The predicted molar refractivity (Wildman–Crippen MR) is 107 cm³/mol. The van der Waals surface area contributed by atoms with Crippen molar-refractivity contribution < 1.29 is 4.74 Å². The van der Waals surface area contributed by atoms with Gasteiger partial charge in [0.15, 0.2) is 5.82 Å². The van der Waals surface area contributed by atoms with Crippen LogP contribution in [0, 0.1) is 4.77 Å². The number of aromatic amines is 1. The molecule has 0 amide bonds. The molecule has 0 spiro atoms. The minimum absolute atomic E-state index is 0.351. The molecule has 2 aromatic carbocycles. The van der Waals surface area contributed by atoms with E-state index in [1.165, 1.54) is 0 Å². The molecule has 26 heavy (non-hydrogen) atoms. The molecule has 134 valence electrons. The molecule has 1 aromatic heterocycles. The highest BCUT2D eigenvalue weighted by Crippen LogP contribution is 2.23. The van der Waals surface area contributed by atoms with Gasteiger partial charge in [-0.25, -0.2) is 0 Å². The molecule has 0 saturated heterocycles. The molecule has 0 aliphatic rings. The van der Waals surface area contributed by atoms with Crippen LogP contribution in [0.2, 0.25) is 10.0 Å². The Kier molecular flexibility index (Phi) is 6.08. The minimum atomic E-state index is 0.351. The summed E-state index contributed by atoms with van der Waals surface area (Å²) in [6.07, 6.45) is 2.45. The second-order valence-electron chi connectivity index (χ2n) is 5.45. The highest BCUT2D eigenvalue weighted by atomic mass is 35.5. The molecule has 0 atom stereocenters. The van der Waals surface area contributed by atoms with Crippen molar-refractivity contribution in [1.82, 2.24) is 14.9 Å². The molecule has 0 fully saturated rings. The Morgan fingerprint density at radius 2 is 2.12 bits per heavy atom. The number of halogens is 2. The average molecular weight is 407 g/mol. The number of rotatable bonds is 6. The summed E-state index contributed by atoms with van der Waals surface area (Å²) in [6.45, 7) is 2.34. The number of aryl methyl sites for hydroxylation is 1. The van der Waals surface area contributed by atoms with E-state index in [9.17, 15) is 0 Å². The molecule has 1 heterocycles. The van der Waals surface area contributed by atoms with Gasteiger partial charge >= 0.3 is 0 Å². The van der Waals surface area contributed by atoms with Crippen molar-refractivity contribution >= 4 is 41.6 Å². The molecular weight excluding hydrogens is 391 g/mol. The fourth-order valence-electron chi connectivity index (χ4n) is 2.28. The van der Waals surface area contributed by atoms with Crippen molar-refractivity contribution in [2.45, 2.75) is 20.0 Å². The summed E-state index contributed by atoms with van der Waals surface area (Å²) in [5, 5.41) is 12.4. The third-order valence-corrected chi connectivity index (χ3v) is 4.47. The summed E-state index contributed by atoms with van der Waals surface area (Å²) in [5.74, 6) is 1.49. The van der Waals surface area contributed by atoms with E-state index in [1.807, 2.05) is 37.3 Å². The number of hydrogen-bond acceptors (Lipinski definition) is 4. The number of nitrogens with zero attached hydrogens (tertiary/aromatic N) is 3. The number of H-pyrrole nitrogens is 1. The van der Waals surface area contributed by atoms with E-state index in [0.29, 0.717) is 27.2 Å². The molecule has 0 saturated carbocycles. The van der Waals surface area contributed by atoms with Crippen molar-refractivity contribution in [2.75, 3.05) is 0 Å². The number of hydrogen-bond donors (Lipinski definition) is 1. The zero-order valence-corrected chi connectivity index (χ0v) is 16.3. The molecule has 5 nitrogen and oxygen atoms in total. The van der Waals surface area contributed by atoms with Gasteiger partial charge in [0, 0.05) is 22.0 Å². The van der Waals surface area contributed by atoms with Crippen LogP contribution in [0.25, 0.3) is 0 Å². The lowest BCUT2D eigenvalue weighted by Crippen LogP contribution is -1.98. The Morgan fingerprint density at radius 1 is 1.27 bits per heavy atom. The van der Waals surface area contributed by atoms with Gasteiger partial charge in [0.25, 0.3) is 0 Å². The van der Waals surface area contributed by atoms with E-state index in [2.05, 4.69) is 15.3 Å².